The smallest absolute Gasteiger partial charge is 0.181 e. The number of fused-ring (bicyclic) bond motifs is 3. The Hall–Kier alpha value is -0.910. The highest BCUT2D eigenvalue weighted by Gasteiger charge is 2.22. The molecule has 0 atom stereocenters. The molecule has 0 aromatic carbocycles. The number of nitrogens with zero attached hydrogens (tertiary/aromatic N) is 2. The molecule has 0 radical (unpaired) electrons. The lowest BCUT2D eigenvalue weighted by Gasteiger charge is -2.25. The molecule has 2 N–H and O–H groups in total. The van der Waals surface area contributed by atoms with Crippen molar-refractivity contribution in [3.8, 4) is 0 Å². The molecule has 0 saturated heterocycles. The van der Waals surface area contributed by atoms with E-state index in [1.807, 2.05) is 17.4 Å². The minimum absolute atomic E-state index is 0.685. The molecule has 0 aliphatic carbocycles. The van der Waals surface area contributed by atoms with Crippen LogP contribution in [0.15, 0.2) is 12.7 Å². The molecule has 3 nitrogen and oxygen atoms in total. The van der Waals surface area contributed by atoms with Crippen molar-refractivity contribution in [1.82, 2.24) is 9.88 Å². The lowest BCUT2D eigenvalue weighted by atomic mass is 10.1. The Morgan fingerprint density at radius 2 is 2.38 bits per heavy atom. The molecule has 0 amide bonds. The van der Waals surface area contributed by atoms with E-state index in [-0.39, 0.29) is 0 Å². The number of nitrogens with two attached hydrogens (primary N) is 1. The summed E-state index contributed by atoms with van der Waals surface area (Å²) < 4.78 is 1.30. The minimum Gasteiger partial charge on any atom is -0.375 e. The summed E-state index contributed by atoms with van der Waals surface area (Å²) >= 11 is 3.43. The van der Waals surface area contributed by atoms with Crippen molar-refractivity contribution in [3.63, 3.8) is 0 Å². The summed E-state index contributed by atoms with van der Waals surface area (Å²) in [7, 11) is 0. The van der Waals surface area contributed by atoms with Crippen molar-refractivity contribution in [2.24, 2.45) is 0 Å². The summed E-state index contributed by atoms with van der Waals surface area (Å²) in [6.45, 7) is 6.90. The van der Waals surface area contributed by atoms with E-state index in [1.54, 1.807) is 11.3 Å². The Kier molecular flexibility index (Phi) is 2.46. The Morgan fingerprint density at radius 3 is 3.19 bits per heavy atom. The quantitative estimate of drug-likeness (QED) is 0.834. The summed E-state index contributed by atoms with van der Waals surface area (Å²) in [5.41, 5.74) is 7.19. The number of thiazole rings is 1. The monoisotopic (exact) mass is 251 g/mol. The first-order valence-corrected chi connectivity index (χ1v) is 6.91. The molecule has 0 saturated carbocycles. The molecule has 5 heteroatoms. The second-order valence-electron chi connectivity index (χ2n) is 3.96. The summed E-state index contributed by atoms with van der Waals surface area (Å²) in [5, 5.41) is 0.685. The number of anilines is 1. The van der Waals surface area contributed by atoms with E-state index in [1.165, 1.54) is 15.1 Å². The van der Waals surface area contributed by atoms with E-state index in [2.05, 4.69) is 16.5 Å². The Bertz CT molecular complexity index is 541. The second kappa shape index (κ2) is 3.84. The standard InChI is InChI=1S/C11H13N3S2/c1-2-4-14-5-3-8-7(6-14)9-10(15-8)13-11(12)16-9/h2H,1,3-6H2,(H2,12,13). The number of thiophene rings is 1. The Labute approximate surface area is 102 Å². The predicted octanol–water partition coefficient (Wildman–Crippen LogP) is 2.48. The van der Waals surface area contributed by atoms with Gasteiger partial charge >= 0.3 is 0 Å². The predicted molar refractivity (Wildman–Crippen MR) is 71.1 cm³/mol. The van der Waals surface area contributed by atoms with Crippen LogP contribution < -0.4 is 5.73 Å². The van der Waals surface area contributed by atoms with Gasteiger partial charge in [-0.05, 0) is 12.0 Å². The van der Waals surface area contributed by atoms with Crippen molar-refractivity contribution < 1.29 is 0 Å². The van der Waals surface area contributed by atoms with Gasteiger partial charge < -0.3 is 5.73 Å². The van der Waals surface area contributed by atoms with E-state index >= 15 is 0 Å². The maximum absolute atomic E-state index is 5.75. The zero-order chi connectivity index (χ0) is 11.1. The summed E-state index contributed by atoms with van der Waals surface area (Å²) in [4.78, 5) is 9.39. The molecule has 2 aromatic heterocycles. The average molecular weight is 251 g/mol. The number of rotatable bonds is 2. The van der Waals surface area contributed by atoms with E-state index in [0.717, 1.165) is 30.9 Å². The van der Waals surface area contributed by atoms with Gasteiger partial charge in [-0.25, -0.2) is 4.98 Å². The van der Waals surface area contributed by atoms with Gasteiger partial charge in [0, 0.05) is 24.5 Å². The molecule has 1 aliphatic heterocycles. The molecule has 0 spiro atoms. The molecule has 3 rings (SSSR count). The van der Waals surface area contributed by atoms with E-state index in [0.29, 0.717) is 5.13 Å². The van der Waals surface area contributed by atoms with Crippen LogP contribution in [0.25, 0.3) is 9.53 Å². The second-order valence-corrected chi connectivity index (χ2v) is 6.08. The van der Waals surface area contributed by atoms with Gasteiger partial charge in [-0.1, -0.05) is 17.4 Å². The van der Waals surface area contributed by atoms with Gasteiger partial charge in [0.15, 0.2) is 5.13 Å². The molecule has 3 heterocycles. The van der Waals surface area contributed by atoms with Gasteiger partial charge in [-0.2, -0.15) is 0 Å². The number of hydrogen-bond acceptors (Lipinski definition) is 5. The van der Waals surface area contributed by atoms with Crippen LogP contribution in [0.3, 0.4) is 0 Å². The van der Waals surface area contributed by atoms with Crippen molar-refractivity contribution >= 4 is 37.3 Å². The first-order valence-electron chi connectivity index (χ1n) is 5.27. The number of aromatic nitrogens is 1. The largest absolute Gasteiger partial charge is 0.375 e. The summed E-state index contributed by atoms with van der Waals surface area (Å²) in [6.07, 6.45) is 3.10. The zero-order valence-corrected chi connectivity index (χ0v) is 10.5. The van der Waals surface area contributed by atoms with Crippen LogP contribution in [-0.2, 0) is 13.0 Å². The molecule has 0 fully saturated rings. The highest BCUT2D eigenvalue weighted by Crippen LogP contribution is 2.38. The van der Waals surface area contributed by atoms with Crippen LogP contribution >= 0.6 is 22.7 Å². The van der Waals surface area contributed by atoms with Crippen molar-refractivity contribution in [3.05, 3.63) is 23.1 Å². The molecule has 16 heavy (non-hydrogen) atoms. The first-order chi connectivity index (χ1) is 7.78. The van der Waals surface area contributed by atoms with E-state index in [4.69, 9.17) is 5.73 Å². The van der Waals surface area contributed by atoms with Crippen molar-refractivity contribution in [2.45, 2.75) is 13.0 Å². The van der Waals surface area contributed by atoms with Gasteiger partial charge in [0.05, 0.1) is 4.70 Å². The number of hydrogen-bond donors (Lipinski definition) is 1. The number of nitrogen functional groups attached to an aromatic ring is 1. The third-order valence-electron chi connectivity index (χ3n) is 2.87. The molecule has 0 unspecified atom stereocenters. The van der Waals surface area contributed by atoms with Crippen LogP contribution in [-0.4, -0.2) is 23.0 Å². The zero-order valence-electron chi connectivity index (χ0n) is 8.90. The van der Waals surface area contributed by atoms with Crippen LogP contribution in [0.1, 0.15) is 10.4 Å². The summed E-state index contributed by atoms with van der Waals surface area (Å²) in [5.74, 6) is 0. The molecular weight excluding hydrogens is 238 g/mol. The van der Waals surface area contributed by atoms with Gasteiger partial charge in [-0.15, -0.1) is 17.9 Å². The third kappa shape index (κ3) is 1.55. The molecular formula is C11H13N3S2. The Morgan fingerprint density at radius 1 is 1.50 bits per heavy atom. The lowest BCUT2D eigenvalue weighted by molar-refractivity contribution is 0.285. The molecule has 84 valence electrons. The topological polar surface area (TPSA) is 42.2 Å². The minimum atomic E-state index is 0.685. The highest BCUT2D eigenvalue weighted by atomic mass is 32.1. The normalized spacial score (nSPS) is 16.5. The lowest BCUT2D eigenvalue weighted by Crippen LogP contribution is -2.29. The van der Waals surface area contributed by atoms with Gasteiger partial charge in [0.1, 0.15) is 4.83 Å². The van der Waals surface area contributed by atoms with Crippen LogP contribution in [0, 0.1) is 0 Å². The fourth-order valence-corrected chi connectivity index (χ4v) is 4.39. The Balaban J connectivity index is 2.03. The van der Waals surface area contributed by atoms with Crippen LogP contribution in [0.2, 0.25) is 0 Å². The van der Waals surface area contributed by atoms with Gasteiger partial charge in [0.25, 0.3) is 0 Å². The average Bonchev–Trinajstić information content (AvgIpc) is 2.75. The molecule has 2 aromatic rings. The summed E-state index contributed by atoms with van der Waals surface area (Å²) in [6, 6.07) is 0. The van der Waals surface area contributed by atoms with Crippen molar-refractivity contribution in [2.75, 3.05) is 18.8 Å². The maximum Gasteiger partial charge on any atom is 0.181 e. The van der Waals surface area contributed by atoms with Gasteiger partial charge in [0.2, 0.25) is 0 Å². The SMILES string of the molecule is C=CCN1CCc2sc3nc(N)sc3c2C1. The fourth-order valence-electron chi connectivity index (χ4n) is 2.15. The highest BCUT2D eigenvalue weighted by molar-refractivity contribution is 7.29. The van der Waals surface area contributed by atoms with Crippen molar-refractivity contribution in [1.29, 1.82) is 0 Å². The fraction of sp³-hybridized carbons (Fsp3) is 0.364. The van der Waals surface area contributed by atoms with E-state index < -0.39 is 0 Å². The maximum atomic E-state index is 5.75. The first kappa shape index (κ1) is 10.3. The third-order valence-corrected chi connectivity index (χ3v) is 5.13. The van der Waals surface area contributed by atoms with Gasteiger partial charge in [-0.3, -0.25) is 4.90 Å². The van der Waals surface area contributed by atoms with E-state index in [9.17, 15) is 0 Å². The molecule has 1 aliphatic rings. The van der Waals surface area contributed by atoms with Crippen LogP contribution in [0.5, 0.6) is 0 Å². The van der Waals surface area contributed by atoms with Crippen LogP contribution in [0.4, 0.5) is 5.13 Å². The molecule has 0 bridgehead atoms.